The zero-order valence-corrected chi connectivity index (χ0v) is 10.6. The minimum Gasteiger partial charge on any atom is -0.342 e. The summed E-state index contributed by atoms with van der Waals surface area (Å²) in [7, 11) is 2.00. The number of rotatable bonds is 1. The third-order valence-corrected chi connectivity index (χ3v) is 3.20. The van der Waals surface area contributed by atoms with Crippen LogP contribution in [0.4, 0.5) is 0 Å². The van der Waals surface area contributed by atoms with Crippen LogP contribution in [0.2, 0.25) is 0 Å². The minimum absolute atomic E-state index is 0.244. The molecule has 3 heteroatoms. The maximum Gasteiger partial charge on any atom is 0.227 e. The molecule has 15 heavy (non-hydrogen) atoms. The van der Waals surface area contributed by atoms with Gasteiger partial charge in [0.2, 0.25) is 5.91 Å². The maximum atomic E-state index is 12.1. The van der Waals surface area contributed by atoms with Crippen LogP contribution < -0.4 is 5.32 Å². The van der Waals surface area contributed by atoms with Crippen molar-refractivity contribution in [1.82, 2.24) is 10.2 Å². The fourth-order valence-corrected chi connectivity index (χ4v) is 2.23. The smallest absolute Gasteiger partial charge is 0.227 e. The molecule has 0 aromatic heterocycles. The van der Waals surface area contributed by atoms with Crippen molar-refractivity contribution in [1.29, 1.82) is 0 Å². The van der Waals surface area contributed by atoms with Gasteiger partial charge in [0.1, 0.15) is 0 Å². The molecule has 2 atom stereocenters. The Kier molecular flexibility index (Phi) is 3.77. The van der Waals surface area contributed by atoms with E-state index in [1.165, 1.54) is 0 Å². The molecule has 1 aliphatic rings. The molecule has 0 radical (unpaired) electrons. The van der Waals surface area contributed by atoms with Crippen LogP contribution in [0.5, 0.6) is 0 Å². The highest BCUT2D eigenvalue weighted by atomic mass is 16.2. The average Bonchev–Trinajstić information content (AvgIpc) is 2.15. The number of hydrogen-bond acceptors (Lipinski definition) is 2. The molecule has 1 N–H and O–H groups in total. The fraction of sp³-hybridized carbons (Fsp3) is 0.917. The van der Waals surface area contributed by atoms with E-state index in [1.54, 1.807) is 0 Å². The Bertz CT molecular complexity index is 232. The van der Waals surface area contributed by atoms with Crippen molar-refractivity contribution in [3.63, 3.8) is 0 Å². The summed E-state index contributed by atoms with van der Waals surface area (Å²) in [6.07, 6.45) is 1.07. The van der Waals surface area contributed by atoms with Crippen molar-refractivity contribution in [2.45, 2.75) is 40.2 Å². The molecule has 1 amide bonds. The molecule has 1 aliphatic heterocycles. The highest BCUT2D eigenvalue weighted by Gasteiger charge is 2.32. The lowest BCUT2D eigenvalue weighted by molar-refractivity contribution is -0.141. The van der Waals surface area contributed by atoms with Gasteiger partial charge in [-0.25, -0.2) is 0 Å². The van der Waals surface area contributed by atoms with E-state index in [0.29, 0.717) is 12.0 Å². The van der Waals surface area contributed by atoms with Gasteiger partial charge in [0.15, 0.2) is 0 Å². The fourth-order valence-electron chi connectivity index (χ4n) is 2.23. The van der Waals surface area contributed by atoms with Gasteiger partial charge in [-0.3, -0.25) is 4.79 Å². The first-order chi connectivity index (χ1) is 6.86. The second kappa shape index (κ2) is 4.52. The number of hydrogen-bond donors (Lipinski definition) is 1. The monoisotopic (exact) mass is 212 g/mol. The number of nitrogens with zero attached hydrogens (tertiary/aromatic N) is 1. The van der Waals surface area contributed by atoms with E-state index in [-0.39, 0.29) is 11.3 Å². The number of nitrogens with one attached hydrogen (secondary N) is 1. The summed E-state index contributed by atoms with van der Waals surface area (Å²) in [6, 6.07) is 0.564. The van der Waals surface area contributed by atoms with E-state index in [2.05, 4.69) is 12.2 Å². The number of carbonyl (C=O) groups excluding carboxylic acids is 1. The summed E-state index contributed by atoms with van der Waals surface area (Å²) < 4.78 is 0. The molecule has 0 bridgehead atoms. The van der Waals surface area contributed by atoms with E-state index in [9.17, 15) is 4.79 Å². The molecule has 1 fully saturated rings. The molecule has 0 saturated carbocycles. The number of piperidine rings is 1. The lowest BCUT2D eigenvalue weighted by atomic mass is 9.89. The first kappa shape index (κ1) is 12.5. The number of amides is 1. The average molecular weight is 212 g/mol. The molecule has 0 aromatic carbocycles. The van der Waals surface area contributed by atoms with Crippen molar-refractivity contribution in [3.05, 3.63) is 0 Å². The molecule has 3 nitrogen and oxygen atoms in total. The van der Waals surface area contributed by atoms with E-state index >= 15 is 0 Å². The van der Waals surface area contributed by atoms with Gasteiger partial charge in [-0.15, -0.1) is 0 Å². The Morgan fingerprint density at radius 2 is 2.00 bits per heavy atom. The Hall–Kier alpha value is -0.570. The Morgan fingerprint density at radius 1 is 1.40 bits per heavy atom. The van der Waals surface area contributed by atoms with Gasteiger partial charge in [0.25, 0.3) is 0 Å². The van der Waals surface area contributed by atoms with Crippen LogP contribution in [0.25, 0.3) is 0 Å². The largest absolute Gasteiger partial charge is 0.342 e. The van der Waals surface area contributed by atoms with Gasteiger partial charge in [-0.1, -0.05) is 27.7 Å². The van der Waals surface area contributed by atoms with Crippen LogP contribution in [0.15, 0.2) is 0 Å². The highest BCUT2D eigenvalue weighted by molar-refractivity contribution is 5.81. The van der Waals surface area contributed by atoms with Crippen LogP contribution in [0.3, 0.4) is 0 Å². The van der Waals surface area contributed by atoms with E-state index in [4.69, 9.17) is 0 Å². The summed E-state index contributed by atoms with van der Waals surface area (Å²) in [5.41, 5.74) is -0.244. The molecule has 1 rings (SSSR count). The van der Waals surface area contributed by atoms with E-state index in [0.717, 1.165) is 19.5 Å². The lowest BCUT2D eigenvalue weighted by Crippen LogP contribution is -2.51. The summed E-state index contributed by atoms with van der Waals surface area (Å²) in [5.74, 6) is 0.832. The molecular formula is C12H24N2O. The zero-order chi connectivity index (χ0) is 11.6. The van der Waals surface area contributed by atoms with Crippen LogP contribution in [0.1, 0.15) is 34.1 Å². The molecule has 1 heterocycles. The molecule has 0 spiro atoms. The molecule has 88 valence electrons. The van der Waals surface area contributed by atoms with Crippen LogP contribution in [-0.4, -0.2) is 37.0 Å². The second-order valence-electron chi connectivity index (χ2n) is 5.66. The van der Waals surface area contributed by atoms with E-state index in [1.807, 2.05) is 32.7 Å². The Labute approximate surface area is 93.2 Å². The Morgan fingerprint density at radius 3 is 2.40 bits per heavy atom. The van der Waals surface area contributed by atoms with Crippen molar-refractivity contribution in [2.75, 3.05) is 20.1 Å². The van der Waals surface area contributed by atoms with Crippen LogP contribution >= 0.6 is 0 Å². The number of carbonyl (C=O) groups is 1. The van der Waals surface area contributed by atoms with Crippen molar-refractivity contribution in [2.24, 2.45) is 11.3 Å². The quantitative estimate of drug-likeness (QED) is 0.714. The summed E-state index contributed by atoms with van der Waals surface area (Å²) in [5, 5.41) is 3.31. The highest BCUT2D eigenvalue weighted by Crippen LogP contribution is 2.23. The SMILES string of the molecule is CNC1CCN(C(=O)C(C)(C)C)CC1C. The third kappa shape index (κ3) is 2.94. The van der Waals surface area contributed by atoms with Crippen molar-refractivity contribution >= 4 is 5.91 Å². The van der Waals surface area contributed by atoms with Gasteiger partial charge in [0.05, 0.1) is 0 Å². The number of likely N-dealkylation sites (tertiary alicyclic amines) is 1. The van der Waals surface area contributed by atoms with Gasteiger partial charge in [0, 0.05) is 24.5 Å². The van der Waals surface area contributed by atoms with Crippen LogP contribution in [0, 0.1) is 11.3 Å². The topological polar surface area (TPSA) is 32.3 Å². The summed E-state index contributed by atoms with van der Waals surface area (Å²) >= 11 is 0. The molecular weight excluding hydrogens is 188 g/mol. The molecule has 1 saturated heterocycles. The van der Waals surface area contributed by atoms with Gasteiger partial charge in [-0.05, 0) is 19.4 Å². The Balaban J connectivity index is 2.58. The van der Waals surface area contributed by atoms with Gasteiger partial charge < -0.3 is 10.2 Å². The lowest BCUT2D eigenvalue weighted by Gasteiger charge is -2.39. The third-order valence-electron chi connectivity index (χ3n) is 3.20. The first-order valence-electron chi connectivity index (χ1n) is 5.83. The summed E-state index contributed by atoms with van der Waals surface area (Å²) in [6.45, 7) is 9.97. The predicted octanol–water partition coefficient (Wildman–Crippen LogP) is 1.49. The molecule has 0 aliphatic carbocycles. The zero-order valence-electron chi connectivity index (χ0n) is 10.6. The predicted molar refractivity (Wildman–Crippen MR) is 62.7 cm³/mol. The first-order valence-corrected chi connectivity index (χ1v) is 5.83. The van der Waals surface area contributed by atoms with E-state index < -0.39 is 0 Å². The van der Waals surface area contributed by atoms with Gasteiger partial charge >= 0.3 is 0 Å². The van der Waals surface area contributed by atoms with Gasteiger partial charge in [-0.2, -0.15) is 0 Å². The molecule has 2 unspecified atom stereocenters. The molecule has 0 aromatic rings. The normalized spacial score (nSPS) is 27.9. The summed E-state index contributed by atoms with van der Waals surface area (Å²) in [4.78, 5) is 14.1. The van der Waals surface area contributed by atoms with Crippen LogP contribution in [-0.2, 0) is 4.79 Å². The minimum atomic E-state index is -0.244. The maximum absolute atomic E-state index is 12.1. The van der Waals surface area contributed by atoms with Crippen molar-refractivity contribution in [3.8, 4) is 0 Å². The van der Waals surface area contributed by atoms with Crippen molar-refractivity contribution < 1.29 is 4.79 Å². The standard InChI is InChI=1S/C12H24N2O/c1-9-8-14(7-6-10(9)13-5)11(15)12(2,3)4/h9-10,13H,6-8H2,1-5H3. The second-order valence-corrected chi connectivity index (χ2v) is 5.66.